The van der Waals surface area contributed by atoms with E-state index < -0.39 is 27.6 Å². The Bertz CT molecular complexity index is 1750. The molecule has 1 unspecified atom stereocenters. The first-order valence-electron chi connectivity index (χ1n) is 16.6. The predicted molar refractivity (Wildman–Crippen MR) is 182 cm³/mol. The van der Waals surface area contributed by atoms with Gasteiger partial charge in [-0.3, -0.25) is 9.69 Å². The summed E-state index contributed by atoms with van der Waals surface area (Å²) in [5.74, 6) is -0.265. The summed E-state index contributed by atoms with van der Waals surface area (Å²) >= 11 is 0. The van der Waals surface area contributed by atoms with Crippen molar-refractivity contribution in [1.82, 2.24) is 14.7 Å². The second kappa shape index (κ2) is 13.8. The number of carbonyl (C=O) groups is 2. The average Bonchev–Trinajstić information content (AvgIpc) is 3.36. The third-order valence-electron chi connectivity index (χ3n) is 9.74. The van der Waals surface area contributed by atoms with Gasteiger partial charge in [-0.25, -0.2) is 13.2 Å². The van der Waals surface area contributed by atoms with Crippen molar-refractivity contribution >= 4 is 27.7 Å². The molecule has 3 aliphatic heterocycles. The number of ether oxygens (including phenoxy) is 3. The molecule has 6 rings (SSSR count). The summed E-state index contributed by atoms with van der Waals surface area (Å²) < 4.78 is 47.4. The number of hydrogen-bond acceptors (Lipinski definition) is 9. The molecular formula is C36H44N4O7S. The molecule has 0 bridgehead atoms. The maximum atomic E-state index is 15.0. The zero-order valence-corrected chi connectivity index (χ0v) is 28.9. The number of piperidine rings is 1. The topological polar surface area (TPSA) is 109 Å². The van der Waals surface area contributed by atoms with Crippen LogP contribution in [0.4, 0.5) is 10.5 Å². The number of likely N-dealkylation sites (tertiary alicyclic amines) is 1. The largest absolute Gasteiger partial charge is 0.497 e. The molecule has 0 N–H and O–H groups in total. The fraction of sp³-hybridized carbons (Fsp3) is 0.444. The third kappa shape index (κ3) is 6.01. The highest BCUT2D eigenvalue weighted by atomic mass is 32.2. The fourth-order valence-electron chi connectivity index (χ4n) is 6.99. The van der Waals surface area contributed by atoms with Crippen molar-refractivity contribution in [1.29, 1.82) is 0 Å². The van der Waals surface area contributed by atoms with E-state index in [1.165, 1.54) is 25.3 Å². The number of rotatable bonds is 9. The van der Waals surface area contributed by atoms with Crippen LogP contribution >= 0.6 is 0 Å². The molecule has 1 atom stereocenters. The number of aryl methyl sites for hydroxylation is 1. The Morgan fingerprint density at radius 2 is 1.58 bits per heavy atom. The highest BCUT2D eigenvalue weighted by Gasteiger charge is 2.61. The monoisotopic (exact) mass is 676 g/mol. The molecule has 256 valence electrons. The van der Waals surface area contributed by atoms with E-state index >= 15 is 4.79 Å². The molecule has 0 aromatic heterocycles. The van der Waals surface area contributed by atoms with Crippen molar-refractivity contribution in [3.8, 4) is 11.5 Å². The lowest BCUT2D eigenvalue weighted by Gasteiger charge is -2.42. The first kappa shape index (κ1) is 33.8. The van der Waals surface area contributed by atoms with E-state index in [-0.39, 0.29) is 28.3 Å². The van der Waals surface area contributed by atoms with Crippen LogP contribution in [0.1, 0.15) is 43.4 Å². The van der Waals surface area contributed by atoms with Gasteiger partial charge in [-0.15, -0.1) is 0 Å². The number of fused-ring (bicyclic) bond motifs is 1. The maximum absolute atomic E-state index is 15.0. The summed E-state index contributed by atoms with van der Waals surface area (Å²) in [4.78, 5) is 35.6. The van der Waals surface area contributed by atoms with Crippen LogP contribution < -0.4 is 13.8 Å². The van der Waals surface area contributed by atoms with E-state index in [2.05, 4.69) is 16.8 Å². The summed E-state index contributed by atoms with van der Waals surface area (Å²) in [6.07, 6.45) is 2.18. The molecule has 3 aromatic carbocycles. The molecule has 0 aliphatic carbocycles. The van der Waals surface area contributed by atoms with Gasteiger partial charge in [-0.2, -0.15) is 4.31 Å². The predicted octanol–water partition coefficient (Wildman–Crippen LogP) is 4.48. The van der Waals surface area contributed by atoms with E-state index in [0.717, 1.165) is 42.2 Å². The number of methoxy groups -OCH3 is 1. The van der Waals surface area contributed by atoms with Gasteiger partial charge in [0.1, 0.15) is 11.5 Å². The number of para-hydroxylation sites is 1. The van der Waals surface area contributed by atoms with Crippen LogP contribution in [0, 0.1) is 0 Å². The molecule has 12 heteroatoms. The summed E-state index contributed by atoms with van der Waals surface area (Å²) in [6.45, 7) is 8.33. The van der Waals surface area contributed by atoms with Crippen LogP contribution in [0.15, 0.2) is 71.6 Å². The molecular weight excluding hydrogens is 632 g/mol. The Balaban J connectivity index is 1.42. The van der Waals surface area contributed by atoms with Crippen LogP contribution in [-0.2, 0) is 31.6 Å². The standard InChI is InChI=1S/C36H44N4O7S/c1-5-26-11-14-29(15-12-26)48(43,44)40-32-16-13-28(45-4)25-31(32)36(34(40)41,30-9-7-8-10-33(30)46-6-2)47-35(42)39-23-21-38(22-24-39)27-17-19-37(3)20-18-27/h7-16,25,27H,5-6,17-24H2,1-4H3. The van der Waals surface area contributed by atoms with Gasteiger partial charge >= 0.3 is 6.09 Å². The van der Waals surface area contributed by atoms with Gasteiger partial charge in [0.25, 0.3) is 15.9 Å². The minimum Gasteiger partial charge on any atom is -0.497 e. The SMILES string of the molecule is CCOc1ccccc1C1(OC(=O)N2CCN(C3CCN(C)CC3)CC2)C(=O)N(S(=O)(=O)c2ccc(CC)cc2)c2ccc(OC)cc21. The second-order valence-electron chi connectivity index (χ2n) is 12.5. The van der Waals surface area contributed by atoms with Gasteiger partial charge < -0.3 is 24.0 Å². The molecule has 3 heterocycles. The van der Waals surface area contributed by atoms with Crippen molar-refractivity contribution < 1.29 is 32.2 Å². The lowest BCUT2D eigenvalue weighted by atomic mass is 9.86. The summed E-state index contributed by atoms with van der Waals surface area (Å²) in [7, 11) is -0.832. The highest BCUT2D eigenvalue weighted by molar-refractivity contribution is 7.93. The van der Waals surface area contributed by atoms with E-state index in [1.54, 1.807) is 53.4 Å². The van der Waals surface area contributed by atoms with Gasteiger partial charge in [0, 0.05) is 37.8 Å². The first-order chi connectivity index (χ1) is 23.1. The van der Waals surface area contributed by atoms with Crippen LogP contribution in [0.2, 0.25) is 0 Å². The Morgan fingerprint density at radius 1 is 0.896 bits per heavy atom. The molecule has 0 spiro atoms. The van der Waals surface area contributed by atoms with Crippen molar-refractivity contribution in [2.24, 2.45) is 0 Å². The van der Waals surface area contributed by atoms with Crippen molar-refractivity contribution in [3.63, 3.8) is 0 Å². The van der Waals surface area contributed by atoms with Crippen LogP contribution in [0.5, 0.6) is 11.5 Å². The lowest BCUT2D eigenvalue weighted by Crippen LogP contribution is -2.55. The van der Waals surface area contributed by atoms with E-state index in [9.17, 15) is 13.2 Å². The van der Waals surface area contributed by atoms with Gasteiger partial charge in [-0.05, 0) is 88.3 Å². The molecule has 0 radical (unpaired) electrons. The Morgan fingerprint density at radius 3 is 2.23 bits per heavy atom. The summed E-state index contributed by atoms with van der Waals surface area (Å²) in [5, 5.41) is 0. The van der Waals surface area contributed by atoms with E-state index in [0.29, 0.717) is 43.7 Å². The van der Waals surface area contributed by atoms with Crippen molar-refractivity contribution in [2.45, 2.75) is 49.6 Å². The quantitative estimate of drug-likeness (QED) is 0.324. The zero-order chi connectivity index (χ0) is 34.1. The van der Waals surface area contributed by atoms with Gasteiger partial charge in [0.05, 0.1) is 29.9 Å². The zero-order valence-electron chi connectivity index (χ0n) is 28.1. The first-order valence-corrected chi connectivity index (χ1v) is 18.1. The van der Waals surface area contributed by atoms with Gasteiger partial charge in [-0.1, -0.05) is 37.3 Å². The lowest BCUT2D eigenvalue weighted by molar-refractivity contribution is -0.132. The van der Waals surface area contributed by atoms with E-state index in [4.69, 9.17) is 14.2 Å². The van der Waals surface area contributed by atoms with Gasteiger partial charge in [0.2, 0.25) is 5.60 Å². The minimum absolute atomic E-state index is 0.0555. The number of carbonyl (C=O) groups excluding carboxylic acids is 2. The van der Waals surface area contributed by atoms with Crippen LogP contribution in [0.25, 0.3) is 0 Å². The molecule has 2 amide bonds. The number of benzene rings is 3. The Kier molecular flexibility index (Phi) is 9.69. The summed E-state index contributed by atoms with van der Waals surface area (Å²) in [6, 6.07) is 18.4. The van der Waals surface area contributed by atoms with Gasteiger partial charge in [0.15, 0.2) is 0 Å². The third-order valence-corrected chi connectivity index (χ3v) is 11.5. The number of piperazine rings is 1. The molecule has 48 heavy (non-hydrogen) atoms. The number of hydrogen-bond donors (Lipinski definition) is 0. The second-order valence-corrected chi connectivity index (χ2v) is 14.3. The molecule has 11 nitrogen and oxygen atoms in total. The van der Waals surface area contributed by atoms with E-state index in [1.807, 2.05) is 13.8 Å². The summed E-state index contributed by atoms with van der Waals surface area (Å²) in [5.41, 5.74) is -0.758. The maximum Gasteiger partial charge on any atom is 0.411 e. The van der Waals surface area contributed by atoms with Crippen LogP contribution in [-0.4, -0.2) is 101 Å². The molecule has 2 saturated heterocycles. The highest BCUT2D eigenvalue weighted by Crippen LogP contribution is 2.52. The number of anilines is 1. The Hall–Kier alpha value is -4.13. The fourth-order valence-corrected chi connectivity index (χ4v) is 8.44. The minimum atomic E-state index is -4.45. The number of sulfonamides is 1. The van der Waals surface area contributed by atoms with Crippen LogP contribution in [0.3, 0.4) is 0 Å². The average molecular weight is 677 g/mol. The van der Waals surface area contributed by atoms with Crippen molar-refractivity contribution in [2.75, 3.05) is 64.3 Å². The Labute approximate surface area is 283 Å². The molecule has 3 aliphatic rings. The smallest absolute Gasteiger partial charge is 0.411 e. The number of amides is 2. The molecule has 3 aromatic rings. The number of nitrogens with zero attached hydrogens (tertiary/aromatic N) is 4. The normalized spacial score (nSPS) is 20.9. The van der Waals surface area contributed by atoms with Crippen molar-refractivity contribution in [3.05, 3.63) is 83.4 Å². The molecule has 0 saturated carbocycles. The molecule has 2 fully saturated rings.